The van der Waals surface area contributed by atoms with Gasteiger partial charge < -0.3 is 20.6 Å². The number of carbonyl (C=O) groups is 1. The third kappa shape index (κ3) is 6.04. The highest BCUT2D eigenvalue weighted by molar-refractivity contribution is 5.89. The summed E-state index contributed by atoms with van der Waals surface area (Å²) >= 11 is 0. The van der Waals surface area contributed by atoms with Crippen LogP contribution in [-0.2, 0) is 4.79 Å². The lowest BCUT2D eigenvalue weighted by atomic mass is 10.2. The van der Waals surface area contributed by atoms with E-state index in [1.54, 1.807) is 0 Å². The molecule has 0 spiro atoms. The standard InChI is InChI=1S/C15H25N3O2/c1-4-18(5-2)11-15(20)10-16-13-7-6-8-14(9-13)17-12(3)19/h6-9,15-16,20H,4-5,10-11H2,1-3H3,(H,17,19). The van der Waals surface area contributed by atoms with Gasteiger partial charge in [0.05, 0.1) is 6.10 Å². The minimum Gasteiger partial charge on any atom is -0.390 e. The molecule has 3 N–H and O–H groups in total. The maximum Gasteiger partial charge on any atom is 0.221 e. The minimum atomic E-state index is -0.417. The highest BCUT2D eigenvalue weighted by Gasteiger charge is 2.08. The van der Waals surface area contributed by atoms with Gasteiger partial charge in [0, 0.05) is 31.4 Å². The molecule has 0 saturated heterocycles. The molecule has 1 atom stereocenters. The number of hydrogen-bond acceptors (Lipinski definition) is 4. The van der Waals surface area contributed by atoms with Crippen LogP contribution in [0, 0.1) is 0 Å². The predicted molar refractivity (Wildman–Crippen MR) is 83.0 cm³/mol. The van der Waals surface area contributed by atoms with Crippen molar-refractivity contribution in [3.63, 3.8) is 0 Å². The van der Waals surface area contributed by atoms with E-state index in [0.29, 0.717) is 13.1 Å². The molecule has 0 fully saturated rings. The van der Waals surface area contributed by atoms with Gasteiger partial charge in [-0.05, 0) is 31.3 Å². The van der Waals surface area contributed by atoms with Crippen LogP contribution in [0.2, 0.25) is 0 Å². The number of anilines is 2. The molecule has 0 radical (unpaired) electrons. The smallest absolute Gasteiger partial charge is 0.221 e. The summed E-state index contributed by atoms with van der Waals surface area (Å²) in [6, 6.07) is 7.46. The van der Waals surface area contributed by atoms with Gasteiger partial charge in [-0.3, -0.25) is 4.79 Å². The molecule has 0 aliphatic carbocycles. The lowest BCUT2D eigenvalue weighted by Gasteiger charge is -2.22. The van der Waals surface area contributed by atoms with E-state index in [2.05, 4.69) is 29.4 Å². The Bertz CT molecular complexity index is 419. The van der Waals surface area contributed by atoms with Gasteiger partial charge in [-0.25, -0.2) is 0 Å². The monoisotopic (exact) mass is 279 g/mol. The first-order chi connectivity index (χ1) is 9.55. The fourth-order valence-electron chi connectivity index (χ4n) is 1.99. The van der Waals surface area contributed by atoms with Crippen LogP contribution in [0.1, 0.15) is 20.8 Å². The van der Waals surface area contributed by atoms with E-state index in [1.165, 1.54) is 6.92 Å². The number of benzene rings is 1. The van der Waals surface area contributed by atoms with E-state index in [9.17, 15) is 9.90 Å². The highest BCUT2D eigenvalue weighted by Crippen LogP contribution is 2.14. The van der Waals surface area contributed by atoms with Crippen molar-refractivity contribution >= 4 is 17.3 Å². The number of nitrogens with one attached hydrogen (secondary N) is 2. The van der Waals surface area contributed by atoms with Crippen molar-refractivity contribution < 1.29 is 9.90 Å². The van der Waals surface area contributed by atoms with Crippen LogP contribution in [0.3, 0.4) is 0 Å². The number of amides is 1. The average Bonchev–Trinajstić information content (AvgIpc) is 2.42. The van der Waals surface area contributed by atoms with Gasteiger partial charge in [0.1, 0.15) is 0 Å². The average molecular weight is 279 g/mol. The van der Waals surface area contributed by atoms with Crippen LogP contribution in [0.15, 0.2) is 24.3 Å². The van der Waals surface area contributed by atoms with Crippen molar-refractivity contribution in [2.75, 3.05) is 36.8 Å². The van der Waals surface area contributed by atoms with Crippen molar-refractivity contribution in [1.29, 1.82) is 0 Å². The van der Waals surface area contributed by atoms with Crippen molar-refractivity contribution in [2.45, 2.75) is 26.9 Å². The minimum absolute atomic E-state index is 0.0938. The second-order valence-corrected chi connectivity index (χ2v) is 4.78. The second kappa shape index (κ2) is 8.55. The third-order valence-corrected chi connectivity index (χ3v) is 3.09. The maximum atomic E-state index is 11.0. The molecule has 1 amide bonds. The molecular weight excluding hydrogens is 254 g/mol. The Morgan fingerprint density at radius 2 is 1.95 bits per heavy atom. The zero-order valence-corrected chi connectivity index (χ0v) is 12.5. The Kier molecular flexibility index (Phi) is 7.04. The van der Waals surface area contributed by atoms with Crippen molar-refractivity contribution in [3.8, 4) is 0 Å². The zero-order chi connectivity index (χ0) is 15.0. The predicted octanol–water partition coefficient (Wildman–Crippen LogP) is 1.76. The number of carbonyl (C=O) groups excluding carboxylic acids is 1. The summed E-state index contributed by atoms with van der Waals surface area (Å²) in [5.41, 5.74) is 1.63. The molecule has 112 valence electrons. The summed E-state index contributed by atoms with van der Waals surface area (Å²) in [5.74, 6) is -0.0938. The Labute approximate surface area is 121 Å². The normalized spacial score (nSPS) is 12.2. The fraction of sp³-hybridized carbons (Fsp3) is 0.533. The van der Waals surface area contributed by atoms with E-state index in [4.69, 9.17) is 0 Å². The molecule has 5 nitrogen and oxygen atoms in total. The van der Waals surface area contributed by atoms with Gasteiger partial charge >= 0.3 is 0 Å². The van der Waals surface area contributed by atoms with Gasteiger partial charge in [-0.15, -0.1) is 0 Å². The van der Waals surface area contributed by atoms with E-state index in [0.717, 1.165) is 24.5 Å². The lowest BCUT2D eigenvalue weighted by molar-refractivity contribution is -0.114. The SMILES string of the molecule is CCN(CC)CC(O)CNc1cccc(NC(C)=O)c1. The summed E-state index contributed by atoms with van der Waals surface area (Å²) in [7, 11) is 0. The van der Waals surface area contributed by atoms with Crippen LogP contribution in [-0.4, -0.2) is 48.2 Å². The summed E-state index contributed by atoms with van der Waals surface area (Å²) in [5, 5.41) is 15.9. The molecular formula is C15H25N3O2. The maximum absolute atomic E-state index is 11.0. The van der Waals surface area contributed by atoms with Crippen LogP contribution in [0.4, 0.5) is 11.4 Å². The largest absolute Gasteiger partial charge is 0.390 e. The van der Waals surface area contributed by atoms with Crippen molar-refractivity contribution in [2.24, 2.45) is 0 Å². The lowest BCUT2D eigenvalue weighted by Crippen LogP contribution is -2.35. The van der Waals surface area contributed by atoms with Gasteiger partial charge in [0.2, 0.25) is 5.91 Å². The Balaban J connectivity index is 2.46. The molecule has 0 aliphatic rings. The summed E-state index contributed by atoms with van der Waals surface area (Å²) in [4.78, 5) is 13.2. The number of aliphatic hydroxyl groups excluding tert-OH is 1. The van der Waals surface area contributed by atoms with Crippen LogP contribution in [0.5, 0.6) is 0 Å². The molecule has 1 rings (SSSR count). The topological polar surface area (TPSA) is 64.6 Å². The Morgan fingerprint density at radius 3 is 2.55 bits per heavy atom. The molecule has 5 heteroatoms. The van der Waals surface area contributed by atoms with Crippen LogP contribution in [0.25, 0.3) is 0 Å². The summed E-state index contributed by atoms with van der Waals surface area (Å²) in [6.07, 6.45) is -0.417. The number of rotatable bonds is 8. The second-order valence-electron chi connectivity index (χ2n) is 4.78. The number of nitrogens with zero attached hydrogens (tertiary/aromatic N) is 1. The first kappa shape index (κ1) is 16.5. The first-order valence-electron chi connectivity index (χ1n) is 7.07. The van der Waals surface area contributed by atoms with Crippen LogP contribution < -0.4 is 10.6 Å². The van der Waals surface area contributed by atoms with Gasteiger partial charge in [0.25, 0.3) is 0 Å². The molecule has 0 saturated carbocycles. The van der Waals surface area contributed by atoms with Crippen LogP contribution >= 0.6 is 0 Å². The molecule has 0 aromatic heterocycles. The van der Waals surface area contributed by atoms with E-state index < -0.39 is 6.10 Å². The third-order valence-electron chi connectivity index (χ3n) is 3.09. The van der Waals surface area contributed by atoms with E-state index in [-0.39, 0.29) is 5.91 Å². The molecule has 0 heterocycles. The van der Waals surface area contributed by atoms with Gasteiger partial charge in [-0.1, -0.05) is 19.9 Å². The summed E-state index contributed by atoms with van der Waals surface area (Å²) in [6.45, 7) is 8.66. The fourth-order valence-corrected chi connectivity index (χ4v) is 1.99. The van der Waals surface area contributed by atoms with Gasteiger partial charge in [-0.2, -0.15) is 0 Å². The number of hydrogen-bond donors (Lipinski definition) is 3. The number of aliphatic hydroxyl groups is 1. The Hall–Kier alpha value is -1.59. The molecule has 1 unspecified atom stereocenters. The number of likely N-dealkylation sites (N-methyl/N-ethyl adjacent to an activating group) is 1. The highest BCUT2D eigenvalue weighted by atomic mass is 16.3. The van der Waals surface area contributed by atoms with Crippen molar-refractivity contribution in [3.05, 3.63) is 24.3 Å². The molecule has 0 aliphatic heterocycles. The molecule has 1 aromatic rings. The molecule has 20 heavy (non-hydrogen) atoms. The summed E-state index contributed by atoms with van der Waals surface area (Å²) < 4.78 is 0. The Morgan fingerprint density at radius 1 is 1.30 bits per heavy atom. The van der Waals surface area contributed by atoms with Crippen molar-refractivity contribution in [1.82, 2.24) is 4.90 Å². The van der Waals surface area contributed by atoms with E-state index in [1.807, 2.05) is 24.3 Å². The zero-order valence-electron chi connectivity index (χ0n) is 12.5. The van der Waals surface area contributed by atoms with E-state index >= 15 is 0 Å². The quantitative estimate of drug-likeness (QED) is 0.678. The molecule has 0 bridgehead atoms. The molecule has 1 aromatic carbocycles. The van der Waals surface area contributed by atoms with Gasteiger partial charge in [0.15, 0.2) is 0 Å². The first-order valence-corrected chi connectivity index (χ1v) is 7.07.